The van der Waals surface area contributed by atoms with Crippen LogP contribution in [0.2, 0.25) is 0 Å². The zero-order valence-corrected chi connectivity index (χ0v) is 12.9. The Morgan fingerprint density at radius 2 is 2.00 bits per heavy atom. The second-order valence-electron chi connectivity index (χ2n) is 5.76. The van der Waals surface area contributed by atoms with Gasteiger partial charge in [-0.05, 0) is 43.4 Å². The van der Waals surface area contributed by atoms with E-state index < -0.39 is 17.7 Å². The van der Waals surface area contributed by atoms with Gasteiger partial charge in [0.2, 0.25) is 0 Å². The number of nitrogens with zero attached hydrogens (tertiary/aromatic N) is 1. The van der Waals surface area contributed by atoms with E-state index in [2.05, 4.69) is 5.32 Å². The highest BCUT2D eigenvalue weighted by atomic mass is 19.1. The second kappa shape index (κ2) is 7.54. The number of rotatable bonds is 7. The lowest BCUT2D eigenvalue weighted by Crippen LogP contribution is -2.43. The molecule has 1 N–H and O–H groups in total. The number of methoxy groups -OCH3 is 1. The van der Waals surface area contributed by atoms with Crippen LogP contribution in [-0.2, 0) is 4.74 Å². The summed E-state index contributed by atoms with van der Waals surface area (Å²) < 4.78 is 31.5. The maximum absolute atomic E-state index is 13.3. The Balaban J connectivity index is 1.97. The normalized spacial score (nSPS) is 15.5. The number of carbonyl (C=O) groups excluding carboxylic acids is 1. The highest BCUT2D eigenvalue weighted by Gasteiger charge is 2.27. The standard InChI is InChI=1S/C16H22F2N2O2/c1-11(13-7-14(17)9-15(18)8-13)19-16(21)20(5-6-22-2)10-12-3-4-12/h7-9,11-12H,3-6,10H2,1-2H3,(H,19,21)/t11-/m1/s1. The summed E-state index contributed by atoms with van der Waals surface area (Å²) in [5, 5.41) is 2.79. The van der Waals surface area contributed by atoms with Crippen molar-refractivity contribution >= 4 is 6.03 Å². The fourth-order valence-corrected chi connectivity index (χ4v) is 2.27. The molecular formula is C16H22F2N2O2. The molecule has 1 aromatic carbocycles. The quantitative estimate of drug-likeness (QED) is 0.840. The third kappa shape index (κ3) is 4.94. The van der Waals surface area contributed by atoms with Crippen molar-refractivity contribution in [1.82, 2.24) is 10.2 Å². The highest BCUT2D eigenvalue weighted by Crippen LogP contribution is 2.29. The van der Waals surface area contributed by atoms with E-state index in [4.69, 9.17) is 4.74 Å². The first kappa shape index (κ1) is 16.7. The summed E-state index contributed by atoms with van der Waals surface area (Å²) in [7, 11) is 1.59. The summed E-state index contributed by atoms with van der Waals surface area (Å²) in [6.07, 6.45) is 2.28. The smallest absolute Gasteiger partial charge is 0.317 e. The molecule has 2 amide bonds. The van der Waals surface area contributed by atoms with E-state index in [1.54, 1.807) is 18.9 Å². The second-order valence-corrected chi connectivity index (χ2v) is 5.76. The number of nitrogens with one attached hydrogen (secondary N) is 1. The van der Waals surface area contributed by atoms with E-state index in [-0.39, 0.29) is 6.03 Å². The molecule has 6 heteroatoms. The lowest BCUT2D eigenvalue weighted by molar-refractivity contribution is 0.145. The Kier molecular flexibility index (Phi) is 5.71. The maximum atomic E-state index is 13.3. The van der Waals surface area contributed by atoms with E-state index in [1.807, 2.05) is 0 Å². The molecule has 1 atom stereocenters. The van der Waals surface area contributed by atoms with Gasteiger partial charge in [0, 0.05) is 26.3 Å². The van der Waals surface area contributed by atoms with Crippen molar-refractivity contribution in [3.05, 3.63) is 35.4 Å². The van der Waals surface area contributed by atoms with Crippen LogP contribution >= 0.6 is 0 Å². The van der Waals surface area contributed by atoms with Crippen molar-refractivity contribution in [2.75, 3.05) is 26.8 Å². The number of hydrogen-bond donors (Lipinski definition) is 1. The molecule has 1 saturated carbocycles. The number of hydrogen-bond acceptors (Lipinski definition) is 2. The Labute approximate surface area is 129 Å². The van der Waals surface area contributed by atoms with E-state index in [9.17, 15) is 13.6 Å². The summed E-state index contributed by atoms with van der Waals surface area (Å²) >= 11 is 0. The highest BCUT2D eigenvalue weighted by molar-refractivity contribution is 5.74. The van der Waals surface area contributed by atoms with Gasteiger partial charge in [0.15, 0.2) is 0 Å². The van der Waals surface area contributed by atoms with Crippen LogP contribution in [-0.4, -0.2) is 37.7 Å². The minimum atomic E-state index is -0.648. The minimum absolute atomic E-state index is 0.235. The predicted octanol–water partition coefficient (Wildman–Crippen LogP) is 3.09. The molecule has 0 saturated heterocycles. The molecule has 22 heavy (non-hydrogen) atoms. The molecule has 0 spiro atoms. The van der Waals surface area contributed by atoms with Crippen LogP contribution in [0.25, 0.3) is 0 Å². The van der Waals surface area contributed by atoms with Crippen LogP contribution in [0.3, 0.4) is 0 Å². The van der Waals surface area contributed by atoms with Gasteiger partial charge in [0.05, 0.1) is 12.6 Å². The van der Waals surface area contributed by atoms with Crippen molar-refractivity contribution in [1.29, 1.82) is 0 Å². The number of urea groups is 1. The van der Waals surface area contributed by atoms with Gasteiger partial charge in [0.1, 0.15) is 11.6 Å². The van der Waals surface area contributed by atoms with Gasteiger partial charge in [0.25, 0.3) is 0 Å². The number of amides is 2. The summed E-state index contributed by atoms with van der Waals surface area (Å²) in [5.41, 5.74) is 0.406. The number of ether oxygens (including phenoxy) is 1. The molecular weight excluding hydrogens is 290 g/mol. The van der Waals surface area contributed by atoms with E-state index >= 15 is 0 Å². The van der Waals surface area contributed by atoms with Crippen LogP contribution in [0.1, 0.15) is 31.4 Å². The maximum Gasteiger partial charge on any atom is 0.317 e. The first-order valence-corrected chi connectivity index (χ1v) is 7.50. The van der Waals surface area contributed by atoms with Crippen LogP contribution in [0, 0.1) is 17.6 Å². The van der Waals surface area contributed by atoms with E-state index in [0.717, 1.165) is 18.9 Å². The molecule has 1 aliphatic carbocycles. The van der Waals surface area contributed by atoms with Gasteiger partial charge in [-0.3, -0.25) is 0 Å². The number of benzene rings is 1. The summed E-state index contributed by atoms with van der Waals surface area (Å²) in [6, 6.07) is 2.57. The Hall–Kier alpha value is -1.69. The van der Waals surface area contributed by atoms with Crippen molar-refractivity contribution in [2.24, 2.45) is 5.92 Å². The van der Waals surface area contributed by atoms with Gasteiger partial charge >= 0.3 is 6.03 Å². The van der Waals surface area contributed by atoms with Crippen molar-refractivity contribution in [3.63, 3.8) is 0 Å². The largest absolute Gasteiger partial charge is 0.383 e. The first-order valence-electron chi connectivity index (χ1n) is 7.50. The van der Waals surface area contributed by atoms with Gasteiger partial charge in [-0.1, -0.05) is 0 Å². The van der Waals surface area contributed by atoms with Crippen LogP contribution in [0.15, 0.2) is 18.2 Å². The molecule has 2 rings (SSSR count). The molecule has 0 bridgehead atoms. The van der Waals surface area contributed by atoms with Gasteiger partial charge < -0.3 is 15.0 Å². The van der Waals surface area contributed by atoms with Gasteiger partial charge in [-0.25, -0.2) is 13.6 Å². The lowest BCUT2D eigenvalue weighted by atomic mass is 10.1. The van der Waals surface area contributed by atoms with E-state index in [1.165, 1.54) is 12.1 Å². The molecule has 0 aliphatic heterocycles. The van der Waals surface area contributed by atoms with Crippen LogP contribution in [0.5, 0.6) is 0 Å². The first-order chi connectivity index (χ1) is 10.5. The summed E-state index contributed by atoms with van der Waals surface area (Å²) in [4.78, 5) is 14.0. The number of carbonyl (C=O) groups is 1. The van der Waals surface area contributed by atoms with Gasteiger partial charge in [-0.15, -0.1) is 0 Å². The third-order valence-corrected chi connectivity index (χ3v) is 3.75. The average Bonchev–Trinajstić information content (AvgIpc) is 3.26. The van der Waals surface area contributed by atoms with Crippen molar-refractivity contribution in [2.45, 2.75) is 25.8 Å². The zero-order chi connectivity index (χ0) is 16.1. The summed E-state index contributed by atoms with van der Waals surface area (Å²) in [5.74, 6) is -0.736. The Morgan fingerprint density at radius 3 is 2.55 bits per heavy atom. The van der Waals surface area contributed by atoms with E-state index in [0.29, 0.717) is 31.2 Å². The topological polar surface area (TPSA) is 41.6 Å². The molecule has 0 aromatic heterocycles. The SMILES string of the molecule is COCCN(CC1CC1)C(=O)N[C@H](C)c1cc(F)cc(F)c1. The molecule has 1 fully saturated rings. The average molecular weight is 312 g/mol. The van der Waals surface area contributed by atoms with Crippen LogP contribution < -0.4 is 5.32 Å². The molecule has 4 nitrogen and oxygen atoms in total. The fraction of sp³-hybridized carbons (Fsp3) is 0.562. The van der Waals surface area contributed by atoms with Crippen molar-refractivity contribution < 1.29 is 18.3 Å². The molecule has 0 radical (unpaired) electrons. The lowest BCUT2D eigenvalue weighted by Gasteiger charge is -2.25. The third-order valence-electron chi connectivity index (χ3n) is 3.75. The molecule has 1 aliphatic rings. The van der Waals surface area contributed by atoms with Gasteiger partial charge in [-0.2, -0.15) is 0 Å². The fourth-order valence-electron chi connectivity index (χ4n) is 2.27. The van der Waals surface area contributed by atoms with Crippen molar-refractivity contribution in [3.8, 4) is 0 Å². The zero-order valence-electron chi connectivity index (χ0n) is 12.9. The summed E-state index contributed by atoms with van der Waals surface area (Å²) in [6.45, 7) is 3.36. The Morgan fingerprint density at radius 1 is 1.36 bits per heavy atom. The molecule has 0 unspecified atom stereocenters. The Bertz CT molecular complexity index is 501. The van der Waals surface area contributed by atoms with Crippen LogP contribution in [0.4, 0.5) is 13.6 Å². The monoisotopic (exact) mass is 312 g/mol. The number of halogens is 2. The molecule has 1 aromatic rings. The minimum Gasteiger partial charge on any atom is -0.383 e. The predicted molar refractivity (Wildman–Crippen MR) is 79.5 cm³/mol. The molecule has 0 heterocycles. The molecule has 122 valence electrons.